The summed E-state index contributed by atoms with van der Waals surface area (Å²) in [6.45, 7) is 2.22. The van der Waals surface area contributed by atoms with Crippen molar-refractivity contribution in [2.75, 3.05) is 0 Å². The summed E-state index contributed by atoms with van der Waals surface area (Å²) < 4.78 is 1.69. The van der Waals surface area contributed by atoms with E-state index in [0.717, 1.165) is 24.5 Å². The first-order valence-electron chi connectivity index (χ1n) is 5.99. The first kappa shape index (κ1) is 11.9. The fourth-order valence-electron chi connectivity index (χ4n) is 2.75. The van der Waals surface area contributed by atoms with Crippen molar-refractivity contribution in [1.29, 1.82) is 0 Å². The summed E-state index contributed by atoms with van der Waals surface area (Å²) in [4.78, 5) is 0. The van der Waals surface area contributed by atoms with Crippen LogP contribution in [0.15, 0.2) is 6.20 Å². The minimum absolute atomic E-state index is 0.345. The van der Waals surface area contributed by atoms with Crippen LogP contribution in [0.2, 0.25) is 5.02 Å². The Morgan fingerprint density at radius 1 is 1.62 bits per heavy atom. The highest BCUT2D eigenvalue weighted by Crippen LogP contribution is 2.41. The van der Waals surface area contributed by atoms with Crippen LogP contribution < -0.4 is 0 Å². The van der Waals surface area contributed by atoms with Crippen LogP contribution >= 0.6 is 11.6 Å². The van der Waals surface area contributed by atoms with Gasteiger partial charge in [-0.15, -0.1) is 0 Å². The number of aliphatic hydroxyl groups is 1. The van der Waals surface area contributed by atoms with Gasteiger partial charge in [-0.25, -0.2) is 0 Å². The zero-order valence-corrected chi connectivity index (χ0v) is 10.6. The first-order valence-corrected chi connectivity index (χ1v) is 6.36. The standard InChI is InChI=1S/C12H19ClN2O/c1-3-8-4-5-9(6-8)12(16)11-10(13)7-14-15(11)2/h7-9,12,16H,3-6H2,1-2H3. The van der Waals surface area contributed by atoms with Crippen LogP contribution in [-0.2, 0) is 7.05 Å². The number of aliphatic hydroxyl groups excluding tert-OH is 1. The van der Waals surface area contributed by atoms with Gasteiger partial charge in [0.05, 0.1) is 23.0 Å². The quantitative estimate of drug-likeness (QED) is 0.885. The van der Waals surface area contributed by atoms with Gasteiger partial charge in [0.2, 0.25) is 0 Å². The van der Waals surface area contributed by atoms with Crippen LogP contribution in [0.3, 0.4) is 0 Å². The molecule has 3 nitrogen and oxygen atoms in total. The van der Waals surface area contributed by atoms with E-state index in [-0.39, 0.29) is 0 Å². The molecule has 0 radical (unpaired) electrons. The Bertz CT molecular complexity index is 344. The molecule has 1 aliphatic rings. The van der Waals surface area contributed by atoms with Crippen LogP contribution in [0.1, 0.15) is 44.4 Å². The molecule has 3 unspecified atom stereocenters. The van der Waals surface area contributed by atoms with Gasteiger partial charge in [0.25, 0.3) is 0 Å². The molecule has 0 spiro atoms. The van der Waals surface area contributed by atoms with Crippen molar-refractivity contribution >= 4 is 11.6 Å². The van der Waals surface area contributed by atoms with Crippen LogP contribution in [0.4, 0.5) is 0 Å². The highest BCUT2D eigenvalue weighted by Gasteiger charge is 2.32. The van der Waals surface area contributed by atoms with E-state index in [4.69, 9.17) is 11.6 Å². The molecule has 2 rings (SSSR count). The largest absolute Gasteiger partial charge is 0.386 e. The molecule has 0 saturated heterocycles. The first-order chi connectivity index (χ1) is 7.63. The number of rotatable bonds is 3. The highest BCUT2D eigenvalue weighted by molar-refractivity contribution is 6.31. The highest BCUT2D eigenvalue weighted by atomic mass is 35.5. The predicted octanol–water partition coefficient (Wildman–Crippen LogP) is 2.93. The molecule has 1 aliphatic carbocycles. The predicted molar refractivity (Wildman–Crippen MR) is 64.3 cm³/mol. The van der Waals surface area contributed by atoms with Gasteiger partial charge in [-0.05, 0) is 24.7 Å². The third kappa shape index (κ3) is 2.11. The molecule has 90 valence electrons. The molecule has 1 saturated carbocycles. The van der Waals surface area contributed by atoms with Crippen LogP contribution in [-0.4, -0.2) is 14.9 Å². The monoisotopic (exact) mass is 242 g/mol. The maximum atomic E-state index is 10.3. The average Bonchev–Trinajstić information content (AvgIpc) is 2.85. The van der Waals surface area contributed by atoms with Crippen molar-refractivity contribution in [3.8, 4) is 0 Å². The number of nitrogens with zero attached hydrogens (tertiary/aromatic N) is 2. The molecule has 1 aromatic rings. The van der Waals surface area contributed by atoms with Crippen molar-refractivity contribution in [2.24, 2.45) is 18.9 Å². The molecule has 16 heavy (non-hydrogen) atoms. The maximum Gasteiger partial charge on any atom is 0.0999 e. The lowest BCUT2D eigenvalue weighted by Crippen LogP contribution is -2.14. The summed E-state index contributed by atoms with van der Waals surface area (Å²) in [7, 11) is 1.83. The topological polar surface area (TPSA) is 38.1 Å². The van der Waals surface area contributed by atoms with Gasteiger partial charge in [0, 0.05) is 7.05 Å². The lowest BCUT2D eigenvalue weighted by atomic mass is 9.96. The van der Waals surface area contributed by atoms with Crippen LogP contribution in [0.25, 0.3) is 0 Å². The van der Waals surface area contributed by atoms with E-state index in [9.17, 15) is 5.11 Å². The maximum absolute atomic E-state index is 10.3. The van der Waals surface area contributed by atoms with E-state index in [1.165, 1.54) is 12.8 Å². The number of hydrogen-bond acceptors (Lipinski definition) is 2. The zero-order valence-electron chi connectivity index (χ0n) is 9.86. The van der Waals surface area contributed by atoms with Gasteiger partial charge < -0.3 is 5.11 Å². The molecule has 1 aromatic heterocycles. The fourth-order valence-corrected chi connectivity index (χ4v) is 3.03. The minimum atomic E-state index is -0.462. The third-order valence-electron chi connectivity index (χ3n) is 3.82. The van der Waals surface area contributed by atoms with Crippen molar-refractivity contribution in [2.45, 2.75) is 38.7 Å². The Kier molecular flexibility index (Phi) is 3.55. The Labute approximate surface area is 101 Å². The Balaban J connectivity index is 2.11. The fraction of sp³-hybridized carbons (Fsp3) is 0.750. The average molecular weight is 243 g/mol. The zero-order chi connectivity index (χ0) is 11.7. The number of aromatic nitrogens is 2. The lowest BCUT2D eigenvalue weighted by Gasteiger charge is -2.19. The van der Waals surface area contributed by atoms with Gasteiger partial charge in [-0.1, -0.05) is 31.4 Å². The summed E-state index contributed by atoms with van der Waals surface area (Å²) in [5, 5.41) is 15.0. The van der Waals surface area contributed by atoms with Crippen molar-refractivity contribution in [1.82, 2.24) is 9.78 Å². The van der Waals surface area contributed by atoms with E-state index >= 15 is 0 Å². The Hall–Kier alpha value is -0.540. The molecule has 0 amide bonds. The molecule has 0 bridgehead atoms. The lowest BCUT2D eigenvalue weighted by molar-refractivity contribution is 0.101. The molecule has 1 heterocycles. The third-order valence-corrected chi connectivity index (χ3v) is 4.11. The Morgan fingerprint density at radius 2 is 2.38 bits per heavy atom. The van der Waals surface area contributed by atoms with Crippen LogP contribution in [0, 0.1) is 11.8 Å². The van der Waals surface area contributed by atoms with Crippen LogP contribution in [0.5, 0.6) is 0 Å². The SMILES string of the molecule is CCC1CCC(C(O)c2c(Cl)cnn2C)C1. The summed E-state index contributed by atoms with van der Waals surface area (Å²) in [5.41, 5.74) is 0.767. The molecule has 4 heteroatoms. The summed E-state index contributed by atoms with van der Waals surface area (Å²) in [5.74, 6) is 1.12. The van der Waals surface area contributed by atoms with Gasteiger partial charge in [0.1, 0.15) is 0 Å². The summed E-state index contributed by atoms with van der Waals surface area (Å²) >= 11 is 6.05. The van der Waals surface area contributed by atoms with Gasteiger partial charge in [-0.3, -0.25) is 4.68 Å². The van der Waals surface area contributed by atoms with Gasteiger partial charge in [0.15, 0.2) is 0 Å². The summed E-state index contributed by atoms with van der Waals surface area (Å²) in [6, 6.07) is 0. The van der Waals surface area contributed by atoms with E-state index in [1.54, 1.807) is 10.9 Å². The molecular weight excluding hydrogens is 224 g/mol. The molecule has 1 N–H and O–H groups in total. The van der Waals surface area contributed by atoms with Gasteiger partial charge in [-0.2, -0.15) is 5.10 Å². The number of hydrogen-bond donors (Lipinski definition) is 1. The molecule has 0 aromatic carbocycles. The van der Waals surface area contributed by atoms with Crippen molar-refractivity contribution in [3.05, 3.63) is 16.9 Å². The molecular formula is C12H19ClN2O. The second kappa shape index (κ2) is 4.76. The van der Waals surface area contributed by atoms with E-state index in [1.807, 2.05) is 7.05 Å². The second-order valence-corrected chi connectivity index (χ2v) is 5.20. The number of aryl methyl sites for hydroxylation is 1. The smallest absolute Gasteiger partial charge is 0.0999 e. The molecule has 0 aliphatic heterocycles. The second-order valence-electron chi connectivity index (χ2n) is 4.79. The number of halogens is 1. The molecule has 1 fully saturated rings. The minimum Gasteiger partial charge on any atom is -0.386 e. The normalized spacial score (nSPS) is 27.2. The summed E-state index contributed by atoms with van der Waals surface area (Å²) in [6.07, 6.45) is 5.79. The van der Waals surface area contributed by atoms with E-state index < -0.39 is 6.10 Å². The van der Waals surface area contributed by atoms with Crippen molar-refractivity contribution < 1.29 is 5.11 Å². The van der Waals surface area contributed by atoms with E-state index in [0.29, 0.717) is 10.9 Å². The van der Waals surface area contributed by atoms with Gasteiger partial charge >= 0.3 is 0 Å². The van der Waals surface area contributed by atoms with Crippen molar-refractivity contribution in [3.63, 3.8) is 0 Å². The van der Waals surface area contributed by atoms with E-state index in [2.05, 4.69) is 12.0 Å². The molecule has 3 atom stereocenters. The Morgan fingerprint density at radius 3 is 2.88 bits per heavy atom.